The molecule has 24 heavy (non-hydrogen) atoms. The first-order valence-corrected chi connectivity index (χ1v) is 8.91. The van der Waals surface area contributed by atoms with Crippen molar-refractivity contribution in [3.8, 4) is 0 Å². The van der Waals surface area contributed by atoms with Crippen molar-refractivity contribution in [3.05, 3.63) is 29.8 Å². The summed E-state index contributed by atoms with van der Waals surface area (Å²) in [6.07, 6.45) is 4.75. The number of hydrogen-bond donors (Lipinski definition) is 2. The molecule has 2 fully saturated rings. The number of benzene rings is 1. The molecule has 0 aromatic heterocycles. The van der Waals surface area contributed by atoms with Gasteiger partial charge in [0.2, 0.25) is 0 Å². The number of carbonyl (C=O) groups excluding carboxylic acids is 2. The summed E-state index contributed by atoms with van der Waals surface area (Å²) in [7, 11) is 0. The highest BCUT2D eigenvalue weighted by atomic mass is 16.5. The fraction of sp³-hybridized carbons (Fsp3) is 0.579. The molecule has 3 rings (SSSR count). The molecule has 4 atom stereocenters. The number of anilines is 1. The molecule has 5 nitrogen and oxygen atoms in total. The van der Waals surface area contributed by atoms with Gasteiger partial charge in [-0.2, -0.15) is 0 Å². The van der Waals surface area contributed by atoms with Crippen LogP contribution in [-0.2, 0) is 4.74 Å². The smallest absolute Gasteiger partial charge is 0.411 e. The second-order valence-electron chi connectivity index (χ2n) is 7.03. The highest BCUT2D eigenvalue weighted by molar-refractivity contribution is 5.96. The van der Waals surface area contributed by atoms with E-state index in [9.17, 15) is 9.59 Å². The summed E-state index contributed by atoms with van der Waals surface area (Å²) >= 11 is 0. The Morgan fingerprint density at radius 2 is 2.12 bits per heavy atom. The van der Waals surface area contributed by atoms with Crippen molar-refractivity contribution < 1.29 is 14.3 Å². The third-order valence-electron chi connectivity index (χ3n) is 5.44. The minimum atomic E-state index is -0.509. The van der Waals surface area contributed by atoms with Gasteiger partial charge < -0.3 is 10.1 Å². The number of amides is 2. The second kappa shape index (κ2) is 7.24. The maximum absolute atomic E-state index is 12.5. The zero-order valence-corrected chi connectivity index (χ0v) is 14.4. The molecule has 130 valence electrons. The highest BCUT2D eigenvalue weighted by Gasteiger charge is 2.42. The van der Waals surface area contributed by atoms with Gasteiger partial charge in [0.05, 0.1) is 6.61 Å². The molecule has 0 aliphatic heterocycles. The third kappa shape index (κ3) is 3.71. The van der Waals surface area contributed by atoms with Gasteiger partial charge in [-0.25, -0.2) is 4.79 Å². The Kier molecular flexibility index (Phi) is 5.07. The summed E-state index contributed by atoms with van der Waals surface area (Å²) in [5.41, 5.74) is 1.12. The lowest BCUT2D eigenvalue weighted by atomic mass is 9.84. The van der Waals surface area contributed by atoms with Crippen molar-refractivity contribution in [2.75, 3.05) is 11.9 Å². The fourth-order valence-corrected chi connectivity index (χ4v) is 4.33. The Balaban J connectivity index is 1.59. The van der Waals surface area contributed by atoms with Gasteiger partial charge in [-0.15, -0.1) is 0 Å². The van der Waals surface area contributed by atoms with Crippen LogP contribution < -0.4 is 10.6 Å². The quantitative estimate of drug-likeness (QED) is 0.862. The molecule has 5 heteroatoms. The topological polar surface area (TPSA) is 67.4 Å². The van der Waals surface area contributed by atoms with Crippen LogP contribution in [0.15, 0.2) is 24.3 Å². The van der Waals surface area contributed by atoms with Crippen LogP contribution in [0.2, 0.25) is 0 Å². The van der Waals surface area contributed by atoms with Crippen molar-refractivity contribution >= 4 is 17.7 Å². The van der Waals surface area contributed by atoms with Gasteiger partial charge in [-0.1, -0.05) is 12.5 Å². The summed E-state index contributed by atoms with van der Waals surface area (Å²) < 4.78 is 4.86. The molecule has 4 unspecified atom stereocenters. The highest BCUT2D eigenvalue weighted by Crippen LogP contribution is 2.49. The lowest BCUT2D eigenvalue weighted by molar-refractivity contribution is 0.0915. The van der Waals surface area contributed by atoms with E-state index in [1.165, 1.54) is 25.7 Å². The van der Waals surface area contributed by atoms with Crippen molar-refractivity contribution in [1.82, 2.24) is 5.32 Å². The van der Waals surface area contributed by atoms with E-state index in [-0.39, 0.29) is 11.9 Å². The molecule has 1 aromatic carbocycles. The normalized spacial score (nSPS) is 26.0. The Morgan fingerprint density at radius 3 is 2.79 bits per heavy atom. The number of rotatable bonds is 5. The molecule has 1 aromatic rings. The standard InChI is InChI=1S/C19H26N2O3/c1-3-24-19(23)21-16-6-4-5-15(11-16)18(22)20-12(2)17-10-13-7-8-14(17)9-13/h4-6,11-14,17H,3,7-10H2,1-2H3,(H,20,22)(H,21,23). The minimum absolute atomic E-state index is 0.0854. The number of nitrogens with one attached hydrogen (secondary N) is 2. The van der Waals surface area contributed by atoms with Crippen LogP contribution in [0, 0.1) is 17.8 Å². The molecular weight excluding hydrogens is 304 g/mol. The van der Waals surface area contributed by atoms with Crippen LogP contribution >= 0.6 is 0 Å². The fourth-order valence-electron chi connectivity index (χ4n) is 4.33. The average Bonchev–Trinajstić information content (AvgIpc) is 3.18. The van der Waals surface area contributed by atoms with E-state index in [1.807, 2.05) is 0 Å². The molecule has 0 spiro atoms. The van der Waals surface area contributed by atoms with E-state index >= 15 is 0 Å². The van der Waals surface area contributed by atoms with Crippen molar-refractivity contribution in [3.63, 3.8) is 0 Å². The van der Waals surface area contributed by atoms with Gasteiger partial charge in [0.15, 0.2) is 0 Å². The van der Waals surface area contributed by atoms with Gasteiger partial charge in [0.25, 0.3) is 5.91 Å². The number of hydrogen-bond acceptors (Lipinski definition) is 3. The molecule has 2 amide bonds. The van der Waals surface area contributed by atoms with Crippen LogP contribution in [0.3, 0.4) is 0 Å². The lowest BCUT2D eigenvalue weighted by Crippen LogP contribution is -2.40. The van der Waals surface area contributed by atoms with E-state index in [4.69, 9.17) is 4.74 Å². The van der Waals surface area contributed by atoms with Crippen LogP contribution in [-0.4, -0.2) is 24.6 Å². The molecule has 2 bridgehead atoms. The Labute approximate surface area is 143 Å². The van der Waals surface area contributed by atoms with Crippen LogP contribution in [0.4, 0.5) is 10.5 Å². The van der Waals surface area contributed by atoms with E-state index < -0.39 is 6.09 Å². The van der Waals surface area contributed by atoms with E-state index in [1.54, 1.807) is 31.2 Å². The summed E-state index contributed by atoms with van der Waals surface area (Å²) in [6, 6.07) is 7.14. The first-order chi connectivity index (χ1) is 11.6. The summed E-state index contributed by atoms with van der Waals surface area (Å²) in [5, 5.41) is 5.77. The molecule has 2 saturated carbocycles. The zero-order chi connectivity index (χ0) is 17.1. The molecule has 0 heterocycles. The number of carbonyl (C=O) groups is 2. The first-order valence-electron chi connectivity index (χ1n) is 8.91. The molecule has 0 saturated heterocycles. The SMILES string of the molecule is CCOC(=O)Nc1cccc(C(=O)NC(C)C2CC3CCC2C3)c1. The van der Waals surface area contributed by atoms with E-state index in [0.29, 0.717) is 23.8 Å². The van der Waals surface area contributed by atoms with Crippen LogP contribution in [0.5, 0.6) is 0 Å². The summed E-state index contributed by atoms with van der Waals surface area (Å²) in [6.45, 7) is 4.18. The molecule has 0 radical (unpaired) electrons. The first kappa shape index (κ1) is 16.8. The van der Waals surface area contributed by atoms with E-state index in [2.05, 4.69) is 17.6 Å². The Hall–Kier alpha value is -2.04. The third-order valence-corrected chi connectivity index (χ3v) is 5.44. The average molecular weight is 330 g/mol. The van der Waals surface area contributed by atoms with Crippen LogP contribution in [0.1, 0.15) is 49.9 Å². The molecular formula is C19H26N2O3. The van der Waals surface area contributed by atoms with Crippen molar-refractivity contribution in [2.45, 2.75) is 45.6 Å². The van der Waals surface area contributed by atoms with Gasteiger partial charge in [-0.3, -0.25) is 10.1 Å². The van der Waals surface area contributed by atoms with Gasteiger partial charge in [-0.05, 0) is 69.1 Å². The summed E-state index contributed by atoms with van der Waals surface area (Å²) in [4.78, 5) is 24.0. The monoisotopic (exact) mass is 330 g/mol. The number of ether oxygens (including phenoxy) is 1. The zero-order valence-electron chi connectivity index (χ0n) is 14.4. The maximum Gasteiger partial charge on any atom is 0.411 e. The number of fused-ring (bicyclic) bond motifs is 2. The Morgan fingerprint density at radius 1 is 1.29 bits per heavy atom. The van der Waals surface area contributed by atoms with E-state index in [0.717, 1.165) is 11.8 Å². The minimum Gasteiger partial charge on any atom is -0.450 e. The van der Waals surface area contributed by atoms with Crippen molar-refractivity contribution in [1.29, 1.82) is 0 Å². The summed E-state index contributed by atoms with van der Waals surface area (Å²) in [5.74, 6) is 2.17. The van der Waals surface area contributed by atoms with Gasteiger partial charge in [0.1, 0.15) is 0 Å². The largest absolute Gasteiger partial charge is 0.450 e. The Bertz CT molecular complexity index is 616. The van der Waals surface area contributed by atoms with Gasteiger partial charge >= 0.3 is 6.09 Å². The molecule has 2 N–H and O–H groups in total. The predicted molar refractivity (Wildman–Crippen MR) is 93.0 cm³/mol. The van der Waals surface area contributed by atoms with Gasteiger partial charge in [0, 0.05) is 17.3 Å². The van der Waals surface area contributed by atoms with Crippen molar-refractivity contribution in [2.24, 2.45) is 17.8 Å². The maximum atomic E-state index is 12.5. The second-order valence-corrected chi connectivity index (χ2v) is 7.03. The molecule has 2 aliphatic carbocycles. The van der Waals surface area contributed by atoms with Crippen LogP contribution in [0.25, 0.3) is 0 Å². The molecule has 2 aliphatic rings. The predicted octanol–water partition coefficient (Wildman–Crippen LogP) is 3.81. The lowest BCUT2D eigenvalue weighted by Gasteiger charge is -2.28.